The summed E-state index contributed by atoms with van der Waals surface area (Å²) in [6, 6.07) is 0. The maximum atomic E-state index is 11.7. The summed E-state index contributed by atoms with van der Waals surface area (Å²) in [4.78, 5) is 11.0. The van der Waals surface area contributed by atoms with Gasteiger partial charge in [0.25, 0.3) is 0 Å². The highest BCUT2D eigenvalue weighted by Gasteiger charge is 2.28. The molecule has 14 heavy (non-hydrogen) atoms. The number of hydrogen-bond donors (Lipinski definition) is 1. The van der Waals surface area contributed by atoms with Crippen molar-refractivity contribution in [2.45, 2.75) is 31.5 Å². The molecule has 1 heterocycles. The molecule has 3 nitrogen and oxygen atoms in total. The number of nitrogens with one attached hydrogen (secondary N) is 1. The third-order valence-electron chi connectivity index (χ3n) is 1.92. The first-order valence-electron chi connectivity index (χ1n) is 4.42. The van der Waals surface area contributed by atoms with Gasteiger partial charge in [-0.15, -0.1) is 0 Å². The molecule has 0 aliphatic carbocycles. The molecule has 0 saturated carbocycles. The molecule has 0 radical (unpaired) electrons. The van der Waals surface area contributed by atoms with E-state index in [2.05, 4.69) is 0 Å². The van der Waals surface area contributed by atoms with Crippen molar-refractivity contribution in [2.24, 2.45) is 0 Å². The van der Waals surface area contributed by atoms with Gasteiger partial charge in [-0.2, -0.15) is 13.2 Å². The fraction of sp³-hybridized carbons (Fsp3) is 0.875. The first-order chi connectivity index (χ1) is 6.47. The van der Waals surface area contributed by atoms with Crippen LogP contribution in [-0.4, -0.2) is 31.3 Å². The Balaban J connectivity index is 2.15. The highest BCUT2D eigenvalue weighted by Crippen LogP contribution is 2.16. The van der Waals surface area contributed by atoms with Gasteiger partial charge in [0, 0.05) is 6.61 Å². The Labute approximate surface area is 79.6 Å². The normalized spacial score (nSPS) is 22.4. The maximum absolute atomic E-state index is 11.7. The van der Waals surface area contributed by atoms with Crippen molar-refractivity contribution >= 4 is 5.91 Å². The van der Waals surface area contributed by atoms with E-state index in [1.165, 1.54) is 0 Å². The molecule has 1 atom stereocenters. The van der Waals surface area contributed by atoms with Gasteiger partial charge < -0.3 is 10.1 Å². The molecule has 0 aromatic heterocycles. The summed E-state index contributed by atoms with van der Waals surface area (Å²) in [7, 11) is 0. The largest absolute Gasteiger partial charge is 0.405 e. The van der Waals surface area contributed by atoms with Crippen LogP contribution in [0.5, 0.6) is 0 Å². The van der Waals surface area contributed by atoms with Crippen molar-refractivity contribution in [3.8, 4) is 0 Å². The second-order valence-corrected chi connectivity index (χ2v) is 3.23. The van der Waals surface area contributed by atoms with Gasteiger partial charge >= 0.3 is 6.18 Å². The number of hydrogen-bond acceptors (Lipinski definition) is 2. The molecule has 1 amide bonds. The maximum Gasteiger partial charge on any atom is 0.405 e. The highest BCUT2D eigenvalue weighted by molar-refractivity contribution is 5.76. The Bertz CT molecular complexity index is 199. The molecule has 1 N–H and O–H groups in total. The monoisotopic (exact) mass is 211 g/mol. The standard InChI is InChI=1S/C8H12F3NO2/c9-8(10,11)5-12-7(13)4-6-2-1-3-14-6/h6H,1-5H2,(H,12,13). The average molecular weight is 211 g/mol. The van der Waals surface area contributed by atoms with E-state index in [-0.39, 0.29) is 12.5 Å². The van der Waals surface area contributed by atoms with E-state index in [9.17, 15) is 18.0 Å². The van der Waals surface area contributed by atoms with Crippen molar-refractivity contribution in [2.75, 3.05) is 13.2 Å². The van der Waals surface area contributed by atoms with E-state index in [0.717, 1.165) is 12.8 Å². The zero-order valence-electron chi connectivity index (χ0n) is 7.56. The minimum absolute atomic E-state index is 0.0239. The van der Waals surface area contributed by atoms with Crippen LogP contribution in [-0.2, 0) is 9.53 Å². The van der Waals surface area contributed by atoms with Crippen LogP contribution < -0.4 is 5.32 Å². The summed E-state index contributed by atoms with van der Waals surface area (Å²) in [5.41, 5.74) is 0. The fourth-order valence-corrected chi connectivity index (χ4v) is 1.28. The minimum Gasteiger partial charge on any atom is -0.378 e. The smallest absolute Gasteiger partial charge is 0.378 e. The van der Waals surface area contributed by atoms with Gasteiger partial charge in [0.1, 0.15) is 6.54 Å². The molecule has 1 fully saturated rings. The molecule has 0 aromatic rings. The topological polar surface area (TPSA) is 38.3 Å². The van der Waals surface area contributed by atoms with Crippen molar-refractivity contribution in [3.63, 3.8) is 0 Å². The van der Waals surface area contributed by atoms with Gasteiger partial charge in [0.05, 0.1) is 12.5 Å². The lowest BCUT2D eigenvalue weighted by Crippen LogP contribution is -2.35. The van der Waals surface area contributed by atoms with Gasteiger partial charge in [-0.1, -0.05) is 0 Å². The second kappa shape index (κ2) is 4.63. The van der Waals surface area contributed by atoms with Gasteiger partial charge in [-0.05, 0) is 12.8 Å². The van der Waals surface area contributed by atoms with Gasteiger partial charge in [0.2, 0.25) is 5.91 Å². The molecular formula is C8H12F3NO2. The Morgan fingerprint density at radius 1 is 1.50 bits per heavy atom. The first-order valence-corrected chi connectivity index (χ1v) is 4.42. The predicted octanol–water partition coefficient (Wildman–Crippen LogP) is 1.23. The highest BCUT2D eigenvalue weighted by atomic mass is 19.4. The summed E-state index contributed by atoms with van der Waals surface area (Å²) in [5.74, 6) is -0.603. The lowest BCUT2D eigenvalue weighted by Gasteiger charge is -2.11. The summed E-state index contributed by atoms with van der Waals surface area (Å²) < 4.78 is 40.2. The summed E-state index contributed by atoms with van der Waals surface area (Å²) >= 11 is 0. The van der Waals surface area contributed by atoms with E-state index in [0.29, 0.717) is 6.61 Å². The molecule has 1 rings (SSSR count). The van der Waals surface area contributed by atoms with Crippen LogP contribution >= 0.6 is 0 Å². The van der Waals surface area contributed by atoms with Gasteiger partial charge in [-0.3, -0.25) is 4.79 Å². The Kier molecular flexibility index (Phi) is 3.74. The quantitative estimate of drug-likeness (QED) is 0.762. The molecule has 1 aliphatic rings. The molecule has 6 heteroatoms. The van der Waals surface area contributed by atoms with Crippen molar-refractivity contribution in [1.82, 2.24) is 5.32 Å². The summed E-state index contributed by atoms with van der Waals surface area (Å²) in [6.45, 7) is -0.671. The number of rotatable bonds is 3. The first kappa shape index (κ1) is 11.3. The molecule has 1 unspecified atom stereocenters. The van der Waals surface area contributed by atoms with Crippen molar-refractivity contribution in [1.29, 1.82) is 0 Å². The van der Waals surface area contributed by atoms with Crippen LogP contribution in [0.1, 0.15) is 19.3 Å². The van der Waals surface area contributed by atoms with E-state index in [4.69, 9.17) is 4.74 Å². The summed E-state index contributed by atoms with van der Waals surface area (Å²) in [6.07, 6.45) is -2.90. The van der Waals surface area contributed by atoms with Crippen LogP contribution in [0.15, 0.2) is 0 Å². The second-order valence-electron chi connectivity index (χ2n) is 3.23. The van der Waals surface area contributed by atoms with E-state index in [1.54, 1.807) is 5.32 Å². The number of carbonyl (C=O) groups excluding carboxylic acids is 1. The molecule has 82 valence electrons. The van der Waals surface area contributed by atoms with Gasteiger partial charge in [-0.25, -0.2) is 0 Å². The fourth-order valence-electron chi connectivity index (χ4n) is 1.28. The number of halogens is 3. The molecular weight excluding hydrogens is 199 g/mol. The number of alkyl halides is 3. The molecule has 1 aliphatic heterocycles. The zero-order chi connectivity index (χ0) is 10.6. The third kappa shape index (κ3) is 4.45. The third-order valence-corrected chi connectivity index (χ3v) is 1.92. The van der Waals surface area contributed by atoms with Crippen molar-refractivity contribution in [3.05, 3.63) is 0 Å². The van der Waals surface area contributed by atoms with Crippen LogP contribution in [0, 0.1) is 0 Å². The van der Waals surface area contributed by atoms with Crippen LogP contribution in [0.2, 0.25) is 0 Å². The Morgan fingerprint density at radius 2 is 2.21 bits per heavy atom. The lowest BCUT2D eigenvalue weighted by molar-refractivity contribution is -0.139. The SMILES string of the molecule is O=C(CC1CCCO1)NCC(F)(F)F. The Morgan fingerprint density at radius 3 is 2.71 bits per heavy atom. The molecule has 1 saturated heterocycles. The zero-order valence-corrected chi connectivity index (χ0v) is 7.56. The average Bonchev–Trinajstić information content (AvgIpc) is 2.52. The lowest BCUT2D eigenvalue weighted by atomic mass is 10.2. The number of carbonyl (C=O) groups is 1. The van der Waals surface area contributed by atoms with E-state index >= 15 is 0 Å². The molecule has 0 spiro atoms. The predicted molar refractivity (Wildman–Crippen MR) is 42.7 cm³/mol. The van der Waals surface area contributed by atoms with Crippen LogP contribution in [0.3, 0.4) is 0 Å². The minimum atomic E-state index is -4.34. The number of amides is 1. The molecule has 0 aromatic carbocycles. The van der Waals surface area contributed by atoms with Gasteiger partial charge in [0.15, 0.2) is 0 Å². The van der Waals surface area contributed by atoms with Crippen molar-refractivity contribution < 1.29 is 22.7 Å². The summed E-state index contributed by atoms with van der Waals surface area (Å²) in [5, 5.41) is 1.81. The van der Waals surface area contributed by atoms with E-state index < -0.39 is 18.6 Å². The van der Waals surface area contributed by atoms with E-state index in [1.807, 2.05) is 0 Å². The number of ether oxygens (including phenoxy) is 1. The molecule has 0 bridgehead atoms. The van der Waals surface area contributed by atoms with Crippen LogP contribution in [0.4, 0.5) is 13.2 Å². The van der Waals surface area contributed by atoms with Crippen LogP contribution in [0.25, 0.3) is 0 Å². The Hall–Kier alpha value is -0.780.